The fourth-order valence-corrected chi connectivity index (χ4v) is 3.86. The summed E-state index contributed by atoms with van der Waals surface area (Å²) in [5.74, 6) is 7.53. The molecule has 1 saturated carbocycles. The Morgan fingerprint density at radius 1 is 1.17 bits per heavy atom. The molecule has 120 valence electrons. The van der Waals surface area contributed by atoms with Crippen LogP contribution in [0.15, 0.2) is 53.5 Å². The summed E-state index contributed by atoms with van der Waals surface area (Å²) in [7, 11) is 1.89. The van der Waals surface area contributed by atoms with Gasteiger partial charge in [-0.25, -0.2) is 10.8 Å². The molecule has 3 rings (SSSR count). The van der Waals surface area contributed by atoms with Crippen molar-refractivity contribution >= 4 is 28.2 Å². The van der Waals surface area contributed by atoms with Crippen molar-refractivity contribution < 1.29 is 0 Å². The third kappa shape index (κ3) is 4.15. The monoisotopic (exact) mass is 325 g/mol. The molecule has 2 N–H and O–H groups in total. The maximum absolute atomic E-state index is 5.98. The van der Waals surface area contributed by atoms with E-state index in [0.717, 1.165) is 17.1 Å². The first kappa shape index (κ1) is 16.1. The van der Waals surface area contributed by atoms with E-state index in [1.807, 2.05) is 37.0 Å². The molecule has 0 atom stereocenters. The Labute approximate surface area is 142 Å². The molecule has 2 aromatic rings. The molecule has 0 amide bonds. The highest BCUT2D eigenvalue weighted by Gasteiger charge is 2.28. The van der Waals surface area contributed by atoms with Crippen LogP contribution in [0.5, 0.6) is 0 Å². The molecular formula is C19H23N3S. The molecule has 0 aliphatic heterocycles. The van der Waals surface area contributed by atoms with E-state index in [-0.39, 0.29) is 0 Å². The van der Waals surface area contributed by atoms with Crippen molar-refractivity contribution in [1.29, 1.82) is 0 Å². The third-order valence-corrected chi connectivity index (χ3v) is 5.21. The van der Waals surface area contributed by atoms with Crippen LogP contribution in [-0.4, -0.2) is 12.1 Å². The lowest BCUT2D eigenvalue weighted by molar-refractivity contribution is 1.00. The molecule has 1 aliphatic rings. The first-order valence-electron chi connectivity index (χ1n) is 7.98. The van der Waals surface area contributed by atoms with Crippen molar-refractivity contribution in [3.63, 3.8) is 0 Å². The number of para-hydroxylation sites is 1. The summed E-state index contributed by atoms with van der Waals surface area (Å²) in [6.45, 7) is 2.15. The van der Waals surface area contributed by atoms with Gasteiger partial charge < -0.3 is 5.01 Å². The van der Waals surface area contributed by atoms with Crippen LogP contribution in [0.3, 0.4) is 0 Å². The molecule has 2 aromatic carbocycles. The zero-order valence-corrected chi connectivity index (χ0v) is 14.5. The fourth-order valence-electron chi connectivity index (χ4n) is 2.55. The molecule has 0 spiro atoms. The van der Waals surface area contributed by atoms with Gasteiger partial charge in [0.25, 0.3) is 0 Å². The number of hydrogen-bond acceptors (Lipinski definition) is 4. The third-order valence-electron chi connectivity index (χ3n) is 4.05. The summed E-state index contributed by atoms with van der Waals surface area (Å²) >= 11 is 1.85. The molecule has 0 unspecified atom stereocenters. The smallest absolute Gasteiger partial charge is 0.0772 e. The summed E-state index contributed by atoms with van der Waals surface area (Å²) in [6, 6.07) is 16.5. The van der Waals surface area contributed by atoms with Crippen molar-refractivity contribution in [1.82, 2.24) is 0 Å². The highest BCUT2D eigenvalue weighted by molar-refractivity contribution is 8.13. The maximum Gasteiger partial charge on any atom is 0.0772 e. The molecule has 0 saturated heterocycles. The van der Waals surface area contributed by atoms with Gasteiger partial charge >= 0.3 is 0 Å². The van der Waals surface area contributed by atoms with Crippen molar-refractivity contribution in [2.75, 3.05) is 12.1 Å². The van der Waals surface area contributed by atoms with Crippen LogP contribution >= 0.6 is 11.8 Å². The number of hydrazine groups is 1. The quantitative estimate of drug-likeness (QED) is 0.376. The normalized spacial score (nSPS) is 14.8. The SMILES string of the molecule is Cc1cccc(N(C)N)c1CSC(=Nc1ccccc1)C1CC1. The molecule has 4 heteroatoms. The Morgan fingerprint density at radius 3 is 2.57 bits per heavy atom. The molecule has 0 bridgehead atoms. The van der Waals surface area contributed by atoms with Gasteiger partial charge in [0.1, 0.15) is 0 Å². The summed E-state index contributed by atoms with van der Waals surface area (Å²) in [5, 5.41) is 2.96. The van der Waals surface area contributed by atoms with Gasteiger partial charge in [0, 0.05) is 18.7 Å². The molecule has 3 nitrogen and oxygen atoms in total. The number of nitrogens with zero attached hydrogens (tertiary/aromatic N) is 2. The van der Waals surface area contributed by atoms with Crippen LogP contribution in [0.4, 0.5) is 11.4 Å². The Morgan fingerprint density at radius 2 is 1.91 bits per heavy atom. The second-order valence-electron chi connectivity index (χ2n) is 6.03. The number of nitrogens with two attached hydrogens (primary N) is 1. The number of anilines is 1. The number of rotatable bonds is 5. The number of aliphatic imine (C=N–C) groups is 1. The molecule has 0 heterocycles. The van der Waals surface area contributed by atoms with Crippen LogP contribution in [0.25, 0.3) is 0 Å². The van der Waals surface area contributed by atoms with Crippen LogP contribution in [-0.2, 0) is 5.75 Å². The Kier molecular flexibility index (Phi) is 5.03. The van der Waals surface area contributed by atoms with Crippen molar-refractivity contribution in [2.45, 2.75) is 25.5 Å². The van der Waals surface area contributed by atoms with Crippen LogP contribution < -0.4 is 10.9 Å². The van der Waals surface area contributed by atoms with Crippen molar-refractivity contribution in [2.24, 2.45) is 16.8 Å². The lowest BCUT2D eigenvalue weighted by atomic mass is 10.1. The van der Waals surface area contributed by atoms with Crippen LogP contribution in [0.2, 0.25) is 0 Å². The van der Waals surface area contributed by atoms with E-state index < -0.39 is 0 Å². The number of aryl methyl sites for hydroxylation is 1. The minimum absolute atomic E-state index is 0.642. The molecular weight excluding hydrogens is 302 g/mol. The first-order valence-corrected chi connectivity index (χ1v) is 8.97. The van der Waals surface area contributed by atoms with Gasteiger partial charge in [0.15, 0.2) is 0 Å². The Balaban J connectivity index is 1.80. The minimum Gasteiger partial charge on any atom is -0.314 e. The van der Waals surface area contributed by atoms with E-state index in [2.05, 4.69) is 37.3 Å². The van der Waals surface area contributed by atoms with Gasteiger partial charge in [-0.3, -0.25) is 0 Å². The second kappa shape index (κ2) is 7.20. The van der Waals surface area contributed by atoms with E-state index in [1.54, 1.807) is 5.01 Å². The standard InChI is InChI=1S/C19H23N3S/c1-14-7-6-10-18(22(2)20)17(14)13-23-19(15-11-12-15)21-16-8-4-3-5-9-16/h3-10,15H,11-13,20H2,1-2H3. The number of benzene rings is 2. The topological polar surface area (TPSA) is 41.6 Å². The minimum atomic E-state index is 0.642. The van der Waals surface area contributed by atoms with Gasteiger partial charge in [-0.2, -0.15) is 0 Å². The van der Waals surface area contributed by atoms with E-state index >= 15 is 0 Å². The lowest BCUT2D eigenvalue weighted by Crippen LogP contribution is -2.26. The zero-order valence-electron chi connectivity index (χ0n) is 13.7. The molecule has 1 aliphatic carbocycles. The Hall–Kier alpha value is -1.78. The molecule has 0 aromatic heterocycles. The number of thioether (sulfide) groups is 1. The predicted molar refractivity (Wildman–Crippen MR) is 101 cm³/mol. The summed E-state index contributed by atoms with van der Waals surface area (Å²) in [4.78, 5) is 4.87. The average Bonchev–Trinajstić information content (AvgIpc) is 3.38. The molecule has 23 heavy (non-hydrogen) atoms. The fraction of sp³-hybridized carbons (Fsp3) is 0.316. The lowest BCUT2D eigenvalue weighted by Gasteiger charge is -2.19. The van der Waals surface area contributed by atoms with Gasteiger partial charge in [-0.05, 0) is 49.1 Å². The van der Waals surface area contributed by atoms with Crippen molar-refractivity contribution in [3.8, 4) is 0 Å². The number of hydrogen-bond donors (Lipinski definition) is 1. The van der Waals surface area contributed by atoms with E-state index in [9.17, 15) is 0 Å². The average molecular weight is 325 g/mol. The molecule has 0 radical (unpaired) electrons. The highest BCUT2D eigenvalue weighted by atomic mass is 32.2. The highest BCUT2D eigenvalue weighted by Crippen LogP contribution is 2.38. The summed E-state index contributed by atoms with van der Waals surface area (Å²) < 4.78 is 0. The van der Waals surface area contributed by atoms with Crippen LogP contribution in [0.1, 0.15) is 24.0 Å². The largest absolute Gasteiger partial charge is 0.314 e. The van der Waals surface area contributed by atoms with E-state index in [0.29, 0.717) is 5.92 Å². The summed E-state index contributed by atoms with van der Waals surface area (Å²) in [6.07, 6.45) is 2.52. The van der Waals surface area contributed by atoms with E-state index in [1.165, 1.54) is 29.0 Å². The molecule has 1 fully saturated rings. The van der Waals surface area contributed by atoms with Gasteiger partial charge in [-0.1, -0.05) is 30.3 Å². The van der Waals surface area contributed by atoms with Crippen molar-refractivity contribution in [3.05, 3.63) is 59.7 Å². The van der Waals surface area contributed by atoms with Gasteiger partial charge in [0.05, 0.1) is 16.4 Å². The second-order valence-corrected chi connectivity index (χ2v) is 7.03. The van der Waals surface area contributed by atoms with Gasteiger partial charge in [-0.15, -0.1) is 11.8 Å². The van der Waals surface area contributed by atoms with Gasteiger partial charge in [0.2, 0.25) is 0 Å². The summed E-state index contributed by atoms with van der Waals surface area (Å²) in [5.41, 5.74) is 4.71. The predicted octanol–water partition coefficient (Wildman–Crippen LogP) is 4.68. The van der Waals surface area contributed by atoms with Crippen LogP contribution in [0, 0.1) is 12.8 Å². The zero-order chi connectivity index (χ0) is 16.2. The maximum atomic E-state index is 5.98. The Bertz CT molecular complexity index is 691. The van der Waals surface area contributed by atoms with E-state index in [4.69, 9.17) is 10.8 Å². The first-order chi connectivity index (χ1) is 11.1.